The van der Waals surface area contributed by atoms with Crippen LogP contribution in [0.25, 0.3) is 11.3 Å². The van der Waals surface area contributed by atoms with Crippen molar-refractivity contribution in [3.05, 3.63) is 40.6 Å². The summed E-state index contributed by atoms with van der Waals surface area (Å²) in [4.78, 5) is 15.0. The Morgan fingerprint density at radius 2 is 1.91 bits per heavy atom. The summed E-state index contributed by atoms with van der Waals surface area (Å²) in [5, 5.41) is 4.66. The molecule has 4 nitrogen and oxygen atoms in total. The van der Waals surface area contributed by atoms with Gasteiger partial charge in [-0.1, -0.05) is 48.8 Å². The van der Waals surface area contributed by atoms with Crippen molar-refractivity contribution in [2.45, 2.75) is 27.2 Å². The van der Waals surface area contributed by atoms with E-state index in [2.05, 4.69) is 19.0 Å². The van der Waals surface area contributed by atoms with Crippen molar-refractivity contribution in [1.29, 1.82) is 0 Å². The predicted octanol–water partition coefficient (Wildman–Crippen LogP) is 4.42. The van der Waals surface area contributed by atoms with E-state index in [1.165, 1.54) is 0 Å². The molecule has 23 heavy (non-hydrogen) atoms. The van der Waals surface area contributed by atoms with Crippen LogP contribution in [0.5, 0.6) is 0 Å². The molecular formula is C18H21ClN2O2. The molecule has 0 saturated carbocycles. The van der Waals surface area contributed by atoms with Gasteiger partial charge in [0.2, 0.25) is 0 Å². The first-order chi connectivity index (χ1) is 11.0. The topological polar surface area (TPSA) is 46.3 Å². The second kappa shape index (κ2) is 6.36. The van der Waals surface area contributed by atoms with Gasteiger partial charge < -0.3 is 9.42 Å². The normalized spacial score (nSPS) is 21.5. The van der Waals surface area contributed by atoms with E-state index in [9.17, 15) is 4.79 Å². The average Bonchev–Trinajstić information content (AvgIpc) is 2.87. The molecule has 1 amide bonds. The van der Waals surface area contributed by atoms with Crippen LogP contribution in [0.4, 0.5) is 0 Å². The number of carbonyl (C=O) groups excluding carboxylic acids is 1. The Balaban J connectivity index is 1.99. The van der Waals surface area contributed by atoms with Gasteiger partial charge in [-0.05, 0) is 31.2 Å². The van der Waals surface area contributed by atoms with E-state index >= 15 is 0 Å². The van der Waals surface area contributed by atoms with E-state index in [0.29, 0.717) is 33.9 Å². The maximum absolute atomic E-state index is 13.1. The summed E-state index contributed by atoms with van der Waals surface area (Å²) >= 11 is 6.27. The highest BCUT2D eigenvalue weighted by Gasteiger charge is 2.31. The molecule has 1 aromatic heterocycles. The minimum absolute atomic E-state index is 0.0166. The minimum atomic E-state index is -0.0166. The molecule has 2 aromatic rings. The monoisotopic (exact) mass is 332 g/mol. The van der Waals surface area contributed by atoms with Crippen LogP contribution in [0.3, 0.4) is 0 Å². The highest BCUT2D eigenvalue weighted by atomic mass is 35.5. The number of carbonyl (C=O) groups is 1. The van der Waals surface area contributed by atoms with Crippen LogP contribution in [-0.2, 0) is 0 Å². The van der Waals surface area contributed by atoms with E-state index in [1.54, 1.807) is 13.0 Å². The van der Waals surface area contributed by atoms with Gasteiger partial charge in [0.25, 0.3) is 5.91 Å². The molecule has 2 atom stereocenters. The van der Waals surface area contributed by atoms with E-state index in [1.807, 2.05) is 23.1 Å². The van der Waals surface area contributed by atoms with Crippen LogP contribution in [0.2, 0.25) is 5.02 Å². The lowest BCUT2D eigenvalue weighted by atomic mass is 9.91. The van der Waals surface area contributed by atoms with Crippen LogP contribution in [0.1, 0.15) is 36.4 Å². The number of amides is 1. The molecule has 1 saturated heterocycles. The quantitative estimate of drug-likeness (QED) is 0.817. The molecule has 1 aliphatic heterocycles. The van der Waals surface area contributed by atoms with E-state index in [-0.39, 0.29) is 5.91 Å². The predicted molar refractivity (Wildman–Crippen MR) is 90.5 cm³/mol. The summed E-state index contributed by atoms with van der Waals surface area (Å²) in [6, 6.07) is 7.39. The first-order valence-electron chi connectivity index (χ1n) is 7.97. The Labute approximate surface area is 141 Å². The summed E-state index contributed by atoms with van der Waals surface area (Å²) in [5.74, 6) is 1.53. The van der Waals surface area contributed by atoms with Gasteiger partial charge in [0.05, 0.1) is 5.02 Å². The van der Waals surface area contributed by atoms with Crippen LogP contribution in [-0.4, -0.2) is 29.1 Å². The molecule has 0 unspecified atom stereocenters. The van der Waals surface area contributed by atoms with E-state index in [4.69, 9.17) is 16.1 Å². The summed E-state index contributed by atoms with van der Waals surface area (Å²) in [7, 11) is 0. The average molecular weight is 333 g/mol. The smallest absolute Gasteiger partial charge is 0.259 e. The van der Waals surface area contributed by atoms with Crippen LogP contribution >= 0.6 is 11.6 Å². The van der Waals surface area contributed by atoms with Gasteiger partial charge in [0, 0.05) is 18.7 Å². The molecule has 1 aliphatic rings. The van der Waals surface area contributed by atoms with Gasteiger partial charge in [-0.15, -0.1) is 0 Å². The van der Waals surface area contributed by atoms with Gasteiger partial charge in [0.15, 0.2) is 0 Å². The highest BCUT2D eigenvalue weighted by Crippen LogP contribution is 2.32. The van der Waals surface area contributed by atoms with Crippen molar-refractivity contribution >= 4 is 17.5 Å². The number of hydrogen-bond donors (Lipinski definition) is 0. The molecule has 1 fully saturated rings. The lowest BCUT2D eigenvalue weighted by Gasteiger charge is -2.35. The van der Waals surface area contributed by atoms with Gasteiger partial charge in [-0.25, -0.2) is 0 Å². The van der Waals surface area contributed by atoms with Crippen molar-refractivity contribution in [3.63, 3.8) is 0 Å². The number of rotatable bonds is 2. The van der Waals surface area contributed by atoms with Gasteiger partial charge in [-0.2, -0.15) is 0 Å². The maximum atomic E-state index is 13.1. The molecule has 1 aromatic carbocycles. The summed E-state index contributed by atoms with van der Waals surface area (Å²) < 4.78 is 5.31. The molecule has 5 heteroatoms. The second-order valence-electron chi connectivity index (χ2n) is 6.60. The van der Waals surface area contributed by atoms with Crippen molar-refractivity contribution in [2.24, 2.45) is 11.8 Å². The molecule has 0 bridgehead atoms. The lowest BCUT2D eigenvalue weighted by molar-refractivity contribution is 0.0622. The number of aryl methyl sites for hydroxylation is 1. The fraction of sp³-hybridized carbons (Fsp3) is 0.444. The SMILES string of the molecule is Cc1onc(-c2ccccc2Cl)c1C(=O)N1C[C@H](C)C[C@H](C)C1. The van der Waals surface area contributed by atoms with Crippen LogP contribution < -0.4 is 0 Å². The molecule has 2 heterocycles. The van der Waals surface area contributed by atoms with Crippen LogP contribution in [0.15, 0.2) is 28.8 Å². The highest BCUT2D eigenvalue weighted by molar-refractivity contribution is 6.33. The lowest BCUT2D eigenvalue weighted by Crippen LogP contribution is -2.42. The minimum Gasteiger partial charge on any atom is -0.360 e. The Bertz CT molecular complexity index is 716. The van der Waals surface area contributed by atoms with E-state index < -0.39 is 0 Å². The first kappa shape index (κ1) is 16.1. The Hall–Kier alpha value is -1.81. The third-order valence-corrected chi connectivity index (χ3v) is 4.69. The van der Waals surface area contributed by atoms with Crippen molar-refractivity contribution < 1.29 is 9.32 Å². The van der Waals surface area contributed by atoms with Crippen molar-refractivity contribution in [2.75, 3.05) is 13.1 Å². The molecule has 0 aliphatic carbocycles. The third-order valence-electron chi connectivity index (χ3n) is 4.36. The number of likely N-dealkylation sites (tertiary alicyclic amines) is 1. The second-order valence-corrected chi connectivity index (χ2v) is 7.01. The largest absolute Gasteiger partial charge is 0.360 e. The zero-order chi connectivity index (χ0) is 16.6. The number of halogens is 1. The van der Waals surface area contributed by atoms with Crippen molar-refractivity contribution in [1.82, 2.24) is 10.1 Å². The van der Waals surface area contributed by atoms with Gasteiger partial charge >= 0.3 is 0 Å². The van der Waals surface area contributed by atoms with E-state index in [0.717, 1.165) is 25.1 Å². The molecule has 0 N–H and O–H groups in total. The fourth-order valence-corrected chi connectivity index (χ4v) is 3.67. The number of nitrogens with zero attached hydrogens (tertiary/aromatic N) is 2. The summed E-state index contributed by atoms with van der Waals surface area (Å²) in [6.07, 6.45) is 1.16. The van der Waals surface area contributed by atoms with Gasteiger partial charge in [0.1, 0.15) is 17.0 Å². The number of hydrogen-bond acceptors (Lipinski definition) is 3. The number of aromatic nitrogens is 1. The molecule has 3 rings (SSSR count). The molecule has 0 spiro atoms. The molecule has 122 valence electrons. The van der Waals surface area contributed by atoms with Gasteiger partial charge in [-0.3, -0.25) is 4.79 Å². The summed E-state index contributed by atoms with van der Waals surface area (Å²) in [5.41, 5.74) is 1.79. The Morgan fingerprint density at radius 3 is 2.57 bits per heavy atom. The standard InChI is InChI=1S/C18H21ClN2O2/c1-11-8-12(2)10-21(9-11)18(22)16-13(3)23-20-17(16)14-6-4-5-7-15(14)19/h4-7,11-12H,8-10H2,1-3H3/t11-,12+. The number of piperidine rings is 1. The molecule has 0 radical (unpaired) electrons. The zero-order valence-corrected chi connectivity index (χ0v) is 14.4. The summed E-state index contributed by atoms with van der Waals surface area (Å²) in [6.45, 7) is 7.69. The zero-order valence-electron chi connectivity index (χ0n) is 13.7. The third kappa shape index (κ3) is 3.13. The first-order valence-corrected chi connectivity index (χ1v) is 8.35. The van der Waals surface area contributed by atoms with Crippen LogP contribution in [0, 0.1) is 18.8 Å². The molecular weight excluding hydrogens is 312 g/mol. The number of benzene rings is 1. The van der Waals surface area contributed by atoms with Crippen molar-refractivity contribution in [3.8, 4) is 11.3 Å². The Morgan fingerprint density at radius 1 is 1.26 bits per heavy atom. The fourth-order valence-electron chi connectivity index (χ4n) is 3.45. The Kier molecular flexibility index (Phi) is 4.44. The maximum Gasteiger partial charge on any atom is 0.259 e.